The summed E-state index contributed by atoms with van der Waals surface area (Å²) in [6.45, 7) is 4.12. The van der Waals surface area contributed by atoms with Crippen molar-refractivity contribution in [2.24, 2.45) is 0 Å². The molecule has 7 heteroatoms. The lowest BCUT2D eigenvalue weighted by molar-refractivity contribution is -0.135. The average molecular weight is 456 g/mol. The van der Waals surface area contributed by atoms with Gasteiger partial charge in [0.15, 0.2) is 0 Å². The van der Waals surface area contributed by atoms with Crippen LogP contribution in [0, 0.1) is 13.8 Å². The molecule has 2 aromatic carbocycles. The molecule has 0 bridgehead atoms. The van der Waals surface area contributed by atoms with Gasteiger partial charge in [-0.15, -0.1) is 0 Å². The van der Waals surface area contributed by atoms with Crippen LogP contribution in [0.15, 0.2) is 64.2 Å². The molecule has 1 aliphatic rings. The van der Waals surface area contributed by atoms with E-state index in [0.29, 0.717) is 29.8 Å². The first-order valence-electron chi connectivity index (χ1n) is 11.2. The number of aromatic amines is 1. The smallest absolute Gasteiger partial charge is 0.312 e. The number of aryl methyl sites for hydroxylation is 3. The Morgan fingerprint density at radius 3 is 2.59 bits per heavy atom. The first-order chi connectivity index (χ1) is 16.3. The number of esters is 1. The van der Waals surface area contributed by atoms with Crippen LogP contribution in [0.4, 0.5) is 0 Å². The van der Waals surface area contributed by atoms with Gasteiger partial charge in [-0.05, 0) is 55.0 Å². The maximum absolute atomic E-state index is 13.6. The number of phenolic OH excluding ortho intramolecular Hbond substituents is 1. The Kier molecular flexibility index (Phi) is 5.32. The third-order valence-corrected chi connectivity index (χ3v) is 6.50. The number of aromatic hydroxyl groups is 1. The minimum absolute atomic E-state index is 0.0797. The summed E-state index contributed by atoms with van der Waals surface area (Å²) < 4.78 is 7.08. The van der Waals surface area contributed by atoms with Crippen LogP contribution in [0.25, 0.3) is 10.9 Å². The van der Waals surface area contributed by atoms with Gasteiger partial charge in [0.25, 0.3) is 11.1 Å². The highest BCUT2D eigenvalue weighted by molar-refractivity contribution is 5.83. The van der Waals surface area contributed by atoms with Gasteiger partial charge in [-0.3, -0.25) is 14.4 Å². The van der Waals surface area contributed by atoms with Gasteiger partial charge in [-0.2, -0.15) is 0 Å². The van der Waals surface area contributed by atoms with Gasteiger partial charge in [-0.25, -0.2) is 0 Å². The quantitative estimate of drug-likeness (QED) is 0.456. The Labute approximate surface area is 195 Å². The minimum Gasteiger partial charge on any atom is -0.508 e. The molecule has 2 N–H and O–H groups in total. The SMILES string of the molecule is Cc1cccc2cc(C3CC(=O)Oc4cc(C)n(CCc5ccc(O)cc5)c(=O)c43)c(=O)[nH]c12. The van der Waals surface area contributed by atoms with Gasteiger partial charge in [0.2, 0.25) is 0 Å². The first kappa shape index (κ1) is 21.7. The summed E-state index contributed by atoms with van der Waals surface area (Å²) in [6, 6.07) is 16.0. The highest BCUT2D eigenvalue weighted by Gasteiger charge is 2.34. The summed E-state index contributed by atoms with van der Waals surface area (Å²) in [4.78, 5) is 42.1. The highest BCUT2D eigenvalue weighted by Crippen LogP contribution is 2.36. The lowest BCUT2D eigenvalue weighted by Crippen LogP contribution is -2.35. The van der Waals surface area contributed by atoms with Gasteiger partial charge < -0.3 is 19.4 Å². The fourth-order valence-electron chi connectivity index (χ4n) is 4.70. The van der Waals surface area contributed by atoms with Crippen LogP contribution in [-0.4, -0.2) is 20.6 Å². The number of carbonyl (C=O) groups excluding carboxylic acids is 1. The molecule has 0 amide bonds. The molecule has 0 saturated carbocycles. The topological polar surface area (TPSA) is 101 Å². The van der Waals surface area contributed by atoms with E-state index in [9.17, 15) is 19.5 Å². The van der Waals surface area contributed by atoms with E-state index in [1.54, 1.807) is 35.8 Å². The molecule has 4 aromatic rings. The van der Waals surface area contributed by atoms with Crippen LogP contribution in [-0.2, 0) is 17.8 Å². The summed E-state index contributed by atoms with van der Waals surface area (Å²) in [5, 5.41) is 10.3. The number of hydrogen-bond acceptors (Lipinski definition) is 5. The standard InChI is InChI=1S/C27H24N2O5/c1-15-4-3-5-18-13-21(26(32)28-25(15)18)20-14-23(31)34-22-12-16(2)29(27(33)24(20)22)11-10-17-6-8-19(30)9-7-17/h3-9,12-13,20,30H,10-11,14H2,1-2H3,(H,28,32). The number of para-hydroxylation sites is 1. The number of nitrogens with one attached hydrogen (secondary N) is 1. The minimum atomic E-state index is -0.696. The van der Waals surface area contributed by atoms with E-state index in [0.717, 1.165) is 22.0 Å². The second-order valence-corrected chi connectivity index (χ2v) is 8.76. The molecule has 34 heavy (non-hydrogen) atoms. The number of nitrogens with zero attached hydrogens (tertiary/aromatic N) is 1. The number of ether oxygens (including phenoxy) is 1. The lowest BCUT2D eigenvalue weighted by atomic mass is 9.87. The molecular formula is C27H24N2O5. The number of phenols is 1. The van der Waals surface area contributed by atoms with Crippen LogP contribution < -0.4 is 15.9 Å². The van der Waals surface area contributed by atoms with Crippen LogP contribution in [0.3, 0.4) is 0 Å². The number of aromatic nitrogens is 2. The molecule has 0 aliphatic carbocycles. The molecule has 7 nitrogen and oxygen atoms in total. The molecule has 0 radical (unpaired) electrons. The predicted molar refractivity (Wildman–Crippen MR) is 129 cm³/mol. The van der Waals surface area contributed by atoms with Crippen molar-refractivity contribution in [2.45, 2.75) is 39.2 Å². The summed E-state index contributed by atoms with van der Waals surface area (Å²) in [5.74, 6) is -0.764. The van der Waals surface area contributed by atoms with E-state index in [1.165, 1.54) is 0 Å². The Morgan fingerprint density at radius 1 is 1.06 bits per heavy atom. The number of fused-ring (bicyclic) bond motifs is 2. The number of hydrogen-bond donors (Lipinski definition) is 2. The van der Waals surface area contributed by atoms with Crippen LogP contribution in [0.2, 0.25) is 0 Å². The first-order valence-corrected chi connectivity index (χ1v) is 11.2. The fourth-order valence-corrected chi connectivity index (χ4v) is 4.70. The van der Waals surface area contributed by atoms with Crippen LogP contribution in [0.1, 0.15) is 40.3 Å². The number of rotatable bonds is 4. The molecule has 5 rings (SSSR count). The third kappa shape index (κ3) is 3.79. The van der Waals surface area contributed by atoms with Crippen molar-refractivity contribution < 1.29 is 14.6 Å². The monoisotopic (exact) mass is 456 g/mol. The molecule has 1 atom stereocenters. The Morgan fingerprint density at radius 2 is 1.82 bits per heavy atom. The normalized spacial score (nSPS) is 15.2. The third-order valence-electron chi connectivity index (χ3n) is 6.50. The van der Waals surface area contributed by atoms with Crippen molar-refractivity contribution in [2.75, 3.05) is 0 Å². The molecule has 172 valence electrons. The Balaban J connectivity index is 1.61. The maximum atomic E-state index is 13.6. The second-order valence-electron chi connectivity index (χ2n) is 8.76. The molecule has 0 saturated heterocycles. The van der Waals surface area contributed by atoms with E-state index in [4.69, 9.17) is 4.74 Å². The zero-order chi connectivity index (χ0) is 24.0. The van der Waals surface area contributed by atoms with Crippen molar-refractivity contribution in [1.29, 1.82) is 0 Å². The van der Waals surface area contributed by atoms with E-state index < -0.39 is 11.9 Å². The average Bonchev–Trinajstić information content (AvgIpc) is 2.79. The number of H-pyrrole nitrogens is 1. The van der Waals surface area contributed by atoms with Crippen molar-refractivity contribution >= 4 is 16.9 Å². The van der Waals surface area contributed by atoms with E-state index in [1.807, 2.05) is 37.3 Å². The summed E-state index contributed by atoms with van der Waals surface area (Å²) in [7, 11) is 0. The summed E-state index contributed by atoms with van der Waals surface area (Å²) in [6.07, 6.45) is 0.504. The molecule has 1 unspecified atom stereocenters. The zero-order valence-electron chi connectivity index (χ0n) is 18.9. The van der Waals surface area contributed by atoms with Crippen LogP contribution >= 0.6 is 0 Å². The fraction of sp³-hybridized carbons (Fsp3) is 0.222. The molecular weight excluding hydrogens is 432 g/mol. The second kappa shape index (κ2) is 8.33. The van der Waals surface area contributed by atoms with E-state index in [-0.39, 0.29) is 29.0 Å². The van der Waals surface area contributed by atoms with Gasteiger partial charge in [0, 0.05) is 29.8 Å². The maximum Gasteiger partial charge on any atom is 0.312 e. The van der Waals surface area contributed by atoms with Gasteiger partial charge >= 0.3 is 5.97 Å². The number of pyridine rings is 2. The molecule has 1 aliphatic heterocycles. The van der Waals surface area contributed by atoms with Crippen molar-refractivity contribution in [3.8, 4) is 11.5 Å². The van der Waals surface area contributed by atoms with Gasteiger partial charge in [-0.1, -0.05) is 30.3 Å². The molecule has 0 spiro atoms. The summed E-state index contributed by atoms with van der Waals surface area (Å²) in [5.41, 5.74) is 3.44. The number of carbonyl (C=O) groups is 1. The van der Waals surface area contributed by atoms with Crippen LogP contribution in [0.5, 0.6) is 11.5 Å². The highest BCUT2D eigenvalue weighted by atomic mass is 16.5. The largest absolute Gasteiger partial charge is 0.508 e. The lowest BCUT2D eigenvalue weighted by Gasteiger charge is -2.26. The summed E-state index contributed by atoms with van der Waals surface area (Å²) >= 11 is 0. The van der Waals surface area contributed by atoms with Crippen molar-refractivity contribution in [1.82, 2.24) is 9.55 Å². The van der Waals surface area contributed by atoms with Gasteiger partial charge in [0.05, 0.1) is 17.5 Å². The van der Waals surface area contributed by atoms with Crippen molar-refractivity contribution in [3.05, 3.63) is 103 Å². The van der Waals surface area contributed by atoms with Gasteiger partial charge in [0.1, 0.15) is 11.5 Å². The Bertz CT molecular complexity index is 1550. The van der Waals surface area contributed by atoms with Crippen molar-refractivity contribution in [3.63, 3.8) is 0 Å². The molecule has 2 aromatic heterocycles. The van der Waals surface area contributed by atoms with E-state index >= 15 is 0 Å². The predicted octanol–water partition coefficient (Wildman–Crippen LogP) is 3.70. The zero-order valence-corrected chi connectivity index (χ0v) is 18.9. The number of benzene rings is 2. The molecule has 0 fully saturated rings. The Hall–Kier alpha value is -4.13. The molecule has 3 heterocycles. The van der Waals surface area contributed by atoms with E-state index in [2.05, 4.69) is 4.98 Å².